The number of hydrogen-bond acceptors (Lipinski definition) is 5. The lowest BCUT2D eigenvalue weighted by Crippen LogP contribution is -2.47. The lowest BCUT2D eigenvalue weighted by atomic mass is 9.93. The Bertz CT molecular complexity index is 933. The standard InChI is InChI=1S/C17H21N5O5/c1-9-2-3-10(16(25)26)8-22(9)14(24)7-6-13(23)19-12-5-4-11-15(20-12)21-17(27)18-11/h4-5,9-10H,2-3,6-8H2,1H3,(H,25,26)(H3,18,19,20,21,23,27). The Morgan fingerprint density at radius 3 is 2.78 bits per heavy atom. The molecule has 10 heteroatoms. The van der Waals surface area contributed by atoms with Crippen LogP contribution in [0.15, 0.2) is 16.9 Å². The molecule has 0 aromatic carbocycles. The topological polar surface area (TPSA) is 148 Å². The van der Waals surface area contributed by atoms with E-state index < -0.39 is 11.9 Å². The fourth-order valence-corrected chi connectivity index (χ4v) is 3.21. The van der Waals surface area contributed by atoms with Crippen LogP contribution in [-0.4, -0.2) is 55.3 Å². The molecule has 2 aromatic rings. The van der Waals surface area contributed by atoms with Gasteiger partial charge in [-0.2, -0.15) is 0 Å². The number of pyridine rings is 1. The molecule has 4 N–H and O–H groups in total. The number of aromatic amines is 2. The second kappa shape index (κ2) is 7.60. The Balaban J connectivity index is 1.55. The molecule has 3 rings (SSSR count). The van der Waals surface area contributed by atoms with Crippen LogP contribution in [0.2, 0.25) is 0 Å². The lowest BCUT2D eigenvalue weighted by molar-refractivity contribution is -0.147. The van der Waals surface area contributed by atoms with Crippen molar-refractivity contribution in [3.8, 4) is 0 Å². The van der Waals surface area contributed by atoms with E-state index in [1.807, 2.05) is 6.92 Å². The Morgan fingerprint density at radius 2 is 2.04 bits per heavy atom. The Morgan fingerprint density at radius 1 is 1.26 bits per heavy atom. The molecule has 2 aromatic heterocycles. The fraction of sp³-hybridized carbons (Fsp3) is 0.471. The highest BCUT2D eigenvalue weighted by Crippen LogP contribution is 2.23. The molecule has 1 aliphatic heterocycles. The fourth-order valence-electron chi connectivity index (χ4n) is 3.21. The summed E-state index contributed by atoms with van der Waals surface area (Å²) in [6, 6.07) is 3.13. The Hall–Kier alpha value is -3.17. The van der Waals surface area contributed by atoms with Crippen molar-refractivity contribution in [3.05, 3.63) is 22.6 Å². The van der Waals surface area contributed by atoms with Gasteiger partial charge in [0.15, 0.2) is 5.65 Å². The predicted octanol–water partition coefficient (Wildman–Crippen LogP) is 0.682. The van der Waals surface area contributed by atoms with Crippen LogP contribution in [0.25, 0.3) is 11.2 Å². The molecule has 1 fully saturated rings. The molecule has 0 radical (unpaired) electrons. The summed E-state index contributed by atoms with van der Waals surface area (Å²) in [7, 11) is 0. The van der Waals surface area contributed by atoms with Gasteiger partial charge in [0, 0.05) is 25.4 Å². The first-order valence-corrected chi connectivity index (χ1v) is 8.74. The quantitative estimate of drug-likeness (QED) is 0.604. The molecule has 2 unspecified atom stereocenters. The third-order valence-electron chi connectivity index (χ3n) is 4.76. The van der Waals surface area contributed by atoms with Crippen molar-refractivity contribution in [2.24, 2.45) is 5.92 Å². The van der Waals surface area contributed by atoms with Gasteiger partial charge in [0.1, 0.15) is 5.82 Å². The molecule has 0 spiro atoms. The smallest absolute Gasteiger partial charge is 0.325 e. The number of H-pyrrole nitrogens is 2. The summed E-state index contributed by atoms with van der Waals surface area (Å²) in [5.41, 5.74) is 0.470. The van der Waals surface area contributed by atoms with Gasteiger partial charge in [-0.25, -0.2) is 9.78 Å². The number of aliphatic carboxylic acids is 1. The molecule has 27 heavy (non-hydrogen) atoms. The minimum absolute atomic E-state index is 0.00819. The van der Waals surface area contributed by atoms with E-state index in [4.69, 9.17) is 5.11 Å². The van der Waals surface area contributed by atoms with Crippen LogP contribution in [0.5, 0.6) is 0 Å². The van der Waals surface area contributed by atoms with E-state index in [1.54, 1.807) is 17.0 Å². The summed E-state index contributed by atoms with van der Waals surface area (Å²) in [4.78, 5) is 57.6. The number of likely N-dealkylation sites (tertiary alicyclic amines) is 1. The van der Waals surface area contributed by atoms with Crippen molar-refractivity contribution in [1.82, 2.24) is 19.9 Å². The lowest BCUT2D eigenvalue weighted by Gasteiger charge is -2.36. The van der Waals surface area contributed by atoms with Crippen molar-refractivity contribution in [2.45, 2.75) is 38.6 Å². The molecule has 0 aliphatic carbocycles. The SMILES string of the molecule is CC1CCC(C(=O)O)CN1C(=O)CCC(=O)Nc1ccc2[nH]c(=O)[nH]c2n1. The van der Waals surface area contributed by atoms with Crippen molar-refractivity contribution >= 4 is 34.8 Å². The first kappa shape index (κ1) is 18.6. The van der Waals surface area contributed by atoms with E-state index in [0.29, 0.717) is 24.0 Å². The van der Waals surface area contributed by atoms with Gasteiger partial charge in [-0.1, -0.05) is 0 Å². The molecule has 144 valence electrons. The molecule has 3 heterocycles. The number of carbonyl (C=O) groups is 3. The summed E-state index contributed by atoms with van der Waals surface area (Å²) in [6.45, 7) is 2.06. The average Bonchev–Trinajstić information content (AvgIpc) is 2.99. The van der Waals surface area contributed by atoms with Gasteiger partial charge in [-0.05, 0) is 31.9 Å². The van der Waals surface area contributed by atoms with Crippen LogP contribution in [0, 0.1) is 5.92 Å². The van der Waals surface area contributed by atoms with Gasteiger partial charge in [0.05, 0.1) is 11.4 Å². The molecule has 2 atom stereocenters. The second-order valence-electron chi connectivity index (χ2n) is 6.73. The summed E-state index contributed by atoms with van der Waals surface area (Å²) >= 11 is 0. The normalized spacial score (nSPS) is 19.8. The molecule has 10 nitrogen and oxygen atoms in total. The highest BCUT2D eigenvalue weighted by atomic mass is 16.4. The third-order valence-corrected chi connectivity index (χ3v) is 4.76. The van der Waals surface area contributed by atoms with Gasteiger partial charge in [0.25, 0.3) is 0 Å². The number of amides is 2. The number of piperidine rings is 1. The minimum Gasteiger partial charge on any atom is -0.481 e. The molecule has 2 amide bonds. The number of carboxylic acids is 1. The highest BCUT2D eigenvalue weighted by molar-refractivity contribution is 5.93. The Labute approximate surface area is 154 Å². The van der Waals surface area contributed by atoms with Crippen LogP contribution >= 0.6 is 0 Å². The van der Waals surface area contributed by atoms with Crippen LogP contribution in [-0.2, 0) is 14.4 Å². The number of anilines is 1. The molecule has 0 saturated carbocycles. The van der Waals surface area contributed by atoms with Crippen LogP contribution in [0.3, 0.4) is 0 Å². The van der Waals surface area contributed by atoms with Crippen molar-refractivity contribution in [3.63, 3.8) is 0 Å². The average molecular weight is 375 g/mol. The largest absolute Gasteiger partial charge is 0.481 e. The molecular formula is C17H21N5O5. The Kier molecular flexibility index (Phi) is 5.24. The van der Waals surface area contributed by atoms with E-state index in [-0.39, 0.29) is 48.8 Å². The van der Waals surface area contributed by atoms with Crippen molar-refractivity contribution in [2.75, 3.05) is 11.9 Å². The number of carboxylic acid groups (broad SMARTS) is 1. The first-order valence-electron chi connectivity index (χ1n) is 8.74. The zero-order chi connectivity index (χ0) is 19.6. The minimum atomic E-state index is -0.901. The number of nitrogens with zero attached hydrogens (tertiary/aromatic N) is 2. The summed E-state index contributed by atoms with van der Waals surface area (Å²) in [5, 5.41) is 11.7. The highest BCUT2D eigenvalue weighted by Gasteiger charge is 2.32. The summed E-state index contributed by atoms with van der Waals surface area (Å²) in [6.07, 6.45) is 1.14. The number of carbonyl (C=O) groups excluding carboxylic acids is 2. The van der Waals surface area contributed by atoms with Crippen LogP contribution in [0.4, 0.5) is 5.82 Å². The maximum absolute atomic E-state index is 12.4. The molecule has 1 saturated heterocycles. The summed E-state index contributed by atoms with van der Waals surface area (Å²) < 4.78 is 0. The van der Waals surface area contributed by atoms with Crippen LogP contribution in [0.1, 0.15) is 32.6 Å². The van der Waals surface area contributed by atoms with Crippen molar-refractivity contribution < 1.29 is 19.5 Å². The van der Waals surface area contributed by atoms with E-state index in [9.17, 15) is 19.2 Å². The van der Waals surface area contributed by atoms with Gasteiger partial charge < -0.3 is 20.3 Å². The number of imidazole rings is 1. The maximum Gasteiger partial charge on any atom is 0.325 e. The number of aromatic nitrogens is 3. The predicted molar refractivity (Wildman–Crippen MR) is 96.1 cm³/mol. The second-order valence-corrected chi connectivity index (χ2v) is 6.73. The van der Waals surface area contributed by atoms with Gasteiger partial charge in [-0.15, -0.1) is 0 Å². The zero-order valence-electron chi connectivity index (χ0n) is 14.8. The summed E-state index contributed by atoms with van der Waals surface area (Å²) in [5.74, 6) is -1.80. The van der Waals surface area contributed by atoms with Gasteiger partial charge >= 0.3 is 11.7 Å². The van der Waals surface area contributed by atoms with E-state index >= 15 is 0 Å². The van der Waals surface area contributed by atoms with Gasteiger partial charge in [0.2, 0.25) is 11.8 Å². The molecule has 0 bridgehead atoms. The maximum atomic E-state index is 12.4. The first-order chi connectivity index (χ1) is 12.8. The molecule has 1 aliphatic rings. The zero-order valence-corrected chi connectivity index (χ0v) is 14.8. The number of rotatable bonds is 5. The number of hydrogen-bond donors (Lipinski definition) is 4. The third kappa shape index (κ3) is 4.33. The van der Waals surface area contributed by atoms with Crippen molar-refractivity contribution in [1.29, 1.82) is 0 Å². The monoisotopic (exact) mass is 375 g/mol. The number of nitrogens with one attached hydrogen (secondary N) is 3. The molecular weight excluding hydrogens is 354 g/mol. The van der Waals surface area contributed by atoms with E-state index in [1.165, 1.54) is 0 Å². The van der Waals surface area contributed by atoms with Crippen LogP contribution < -0.4 is 11.0 Å². The van der Waals surface area contributed by atoms with Gasteiger partial charge in [-0.3, -0.25) is 19.4 Å². The van der Waals surface area contributed by atoms with E-state index in [0.717, 1.165) is 0 Å². The number of fused-ring (bicyclic) bond motifs is 1. The van der Waals surface area contributed by atoms with E-state index in [2.05, 4.69) is 20.3 Å².